The van der Waals surface area contributed by atoms with Gasteiger partial charge in [0.05, 0.1) is 12.2 Å². The molecule has 0 aromatic heterocycles. The van der Waals surface area contributed by atoms with E-state index in [4.69, 9.17) is 4.74 Å². The number of hydrogen-bond donors (Lipinski definition) is 1. The van der Waals surface area contributed by atoms with E-state index in [0.29, 0.717) is 12.2 Å². The van der Waals surface area contributed by atoms with Crippen LogP contribution in [0, 0.1) is 0 Å². The number of rotatable bonds is 9. The predicted molar refractivity (Wildman–Crippen MR) is 129 cm³/mol. The van der Waals surface area contributed by atoms with Crippen molar-refractivity contribution in [2.24, 2.45) is 0 Å². The summed E-state index contributed by atoms with van der Waals surface area (Å²) in [5.74, 6) is 0.991. The van der Waals surface area contributed by atoms with Crippen molar-refractivity contribution in [1.82, 2.24) is 0 Å². The Morgan fingerprint density at radius 1 is 0.933 bits per heavy atom. The number of ether oxygens (including phenoxy) is 1. The molecule has 2 rings (SSSR count). The number of aldehydes is 1. The van der Waals surface area contributed by atoms with E-state index >= 15 is 0 Å². The Labute approximate surface area is 184 Å². The number of phenolic OH excluding ortho intramolecular Hbond substituents is 1. The van der Waals surface area contributed by atoms with Crippen molar-refractivity contribution in [2.45, 2.75) is 86.5 Å². The molecule has 0 amide bonds. The summed E-state index contributed by atoms with van der Waals surface area (Å²) in [7, 11) is 0. The molecule has 0 atom stereocenters. The van der Waals surface area contributed by atoms with Gasteiger partial charge >= 0.3 is 0 Å². The Hall–Kier alpha value is -2.29. The van der Waals surface area contributed by atoms with Crippen molar-refractivity contribution < 1.29 is 14.6 Å². The number of carbonyl (C=O) groups excluding carboxylic acids is 1. The van der Waals surface area contributed by atoms with Crippen LogP contribution in [0.5, 0.6) is 11.5 Å². The number of aryl methyl sites for hydroxylation is 1. The minimum atomic E-state index is -0.282. The molecule has 3 heteroatoms. The van der Waals surface area contributed by atoms with Crippen LogP contribution in [0.1, 0.15) is 102 Å². The van der Waals surface area contributed by atoms with Gasteiger partial charge in [-0.15, -0.1) is 0 Å². The van der Waals surface area contributed by atoms with Gasteiger partial charge in [-0.3, -0.25) is 4.79 Å². The first-order valence-corrected chi connectivity index (χ1v) is 11.5. The van der Waals surface area contributed by atoms with Crippen LogP contribution in [0.15, 0.2) is 36.4 Å². The normalized spacial score (nSPS) is 10.3. The third kappa shape index (κ3) is 7.51. The summed E-state index contributed by atoms with van der Waals surface area (Å²) in [4.78, 5) is 11.8. The molecule has 2 aromatic rings. The zero-order chi connectivity index (χ0) is 23.2. The van der Waals surface area contributed by atoms with Crippen LogP contribution >= 0.6 is 0 Å². The third-order valence-electron chi connectivity index (χ3n) is 4.90. The lowest BCUT2D eigenvalue weighted by molar-refractivity contribution is 0.111. The molecule has 0 saturated carbocycles. The second-order valence-corrected chi connectivity index (χ2v) is 7.30. The minimum Gasteiger partial charge on any atom is -0.508 e. The number of hydrogen-bond acceptors (Lipinski definition) is 3. The lowest BCUT2D eigenvalue weighted by Crippen LogP contribution is -2.20. The fraction of sp³-hybridized carbons (Fsp3) is 0.519. The van der Waals surface area contributed by atoms with Gasteiger partial charge in [-0.25, -0.2) is 0 Å². The molecule has 30 heavy (non-hydrogen) atoms. The monoisotopic (exact) mass is 414 g/mol. The number of carbonyl (C=O) groups is 1. The van der Waals surface area contributed by atoms with E-state index < -0.39 is 0 Å². The van der Waals surface area contributed by atoms with E-state index in [1.54, 1.807) is 12.1 Å². The maximum Gasteiger partial charge on any atom is 0.153 e. The second-order valence-electron chi connectivity index (χ2n) is 7.30. The highest BCUT2D eigenvalue weighted by molar-refractivity contribution is 5.81. The molecule has 3 nitrogen and oxygen atoms in total. The van der Waals surface area contributed by atoms with Crippen molar-refractivity contribution in [1.29, 1.82) is 0 Å². The summed E-state index contributed by atoms with van der Waals surface area (Å²) in [6.07, 6.45) is 4.81. The van der Waals surface area contributed by atoms with Gasteiger partial charge < -0.3 is 9.84 Å². The molecule has 0 bridgehead atoms. The number of phenols is 1. The van der Waals surface area contributed by atoms with Crippen LogP contribution in [0.3, 0.4) is 0 Å². The lowest BCUT2D eigenvalue weighted by Gasteiger charge is -2.28. The Balaban J connectivity index is 0.00000198. The summed E-state index contributed by atoms with van der Waals surface area (Å²) in [6.45, 7) is 17.2. The van der Waals surface area contributed by atoms with E-state index in [1.165, 1.54) is 0 Å². The van der Waals surface area contributed by atoms with Crippen LogP contribution in [-0.2, 0) is 11.8 Å². The summed E-state index contributed by atoms with van der Waals surface area (Å²) >= 11 is 0. The van der Waals surface area contributed by atoms with E-state index in [1.807, 2.05) is 45.9 Å². The molecule has 0 fully saturated rings. The largest absolute Gasteiger partial charge is 0.508 e. The van der Waals surface area contributed by atoms with Gasteiger partial charge in [-0.05, 0) is 47.7 Å². The molecule has 168 valence electrons. The summed E-state index contributed by atoms with van der Waals surface area (Å²) in [5, 5.41) is 9.57. The Morgan fingerprint density at radius 3 is 2.03 bits per heavy atom. The first-order chi connectivity index (χ1) is 14.4. The number of aromatic hydroxyl groups is 1. The molecule has 0 aliphatic heterocycles. The maximum absolute atomic E-state index is 11.8. The molecule has 0 saturated heterocycles. The molecule has 0 aliphatic carbocycles. The third-order valence-corrected chi connectivity index (χ3v) is 4.90. The Morgan fingerprint density at radius 2 is 1.53 bits per heavy atom. The van der Waals surface area contributed by atoms with Crippen molar-refractivity contribution in [3.63, 3.8) is 0 Å². The van der Waals surface area contributed by atoms with Crippen LogP contribution in [0.4, 0.5) is 0 Å². The number of benzene rings is 2. The van der Waals surface area contributed by atoms with E-state index in [2.05, 4.69) is 33.8 Å². The zero-order valence-electron chi connectivity index (χ0n) is 20.3. The Bertz CT molecular complexity index is 731. The molecule has 1 N–H and O–H groups in total. The average Bonchev–Trinajstić information content (AvgIpc) is 2.77. The molecule has 0 spiro atoms. The van der Waals surface area contributed by atoms with Gasteiger partial charge in [-0.2, -0.15) is 0 Å². The molecule has 2 aromatic carbocycles. The van der Waals surface area contributed by atoms with E-state index in [9.17, 15) is 9.90 Å². The number of unbranched alkanes of at least 4 members (excludes halogenated alkanes) is 1. The van der Waals surface area contributed by atoms with Gasteiger partial charge in [0.1, 0.15) is 11.5 Å². The van der Waals surface area contributed by atoms with Gasteiger partial charge in [0.25, 0.3) is 0 Å². The van der Waals surface area contributed by atoms with E-state index in [-0.39, 0.29) is 11.2 Å². The smallest absolute Gasteiger partial charge is 0.153 e. The fourth-order valence-corrected chi connectivity index (χ4v) is 3.16. The average molecular weight is 415 g/mol. The zero-order valence-corrected chi connectivity index (χ0v) is 20.3. The molecule has 0 unspecified atom stereocenters. The quantitative estimate of drug-likeness (QED) is 0.337. The fourth-order valence-electron chi connectivity index (χ4n) is 3.16. The van der Waals surface area contributed by atoms with Crippen molar-refractivity contribution in [2.75, 3.05) is 6.61 Å². The van der Waals surface area contributed by atoms with Crippen LogP contribution < -0.4 is 4.74 Å². The first kappa shape index (κ1) is 27.7. The molecule has 0 heterocycles. The standard InChI is InChI=1S/C23H30O3.2C2H6/c1-5-7-13-26-22-17(8-6-2)14-20(15-18(22)16-24)23(3,4)19-9-11-21(25)12-10-19;2*1-2/h9-12,14-16,25H,5-8,13H2,1-4H3;2*1-2H3. The van der Waals surface area contributed by atoms with Crippen LogP contribution in [-0.4, -0.2) is 18.0 Å². The van der Waals surface area contributed by atoms with Gasteiger partial charge in [-0.1, -0.05) is 86.4 Å². The highest BCUT2D eigenvalue weighted by atomic mass is 16.5. The highest BCUT2D eigenvalue weighted by Gasteiger charge is 2.26. The van der Waals surface area contributed by atoms with Gasteiger partial charge in [0.15, 0.2) is 6.29 Å². The summed E-state index contributed by atoms with van der Waals surface area (Å²) in [6, 6.07) is 11.4. The highest BCUT2D eigenvalue weighted by Crippen LogP contribution is 2.37. The van der Waals surface area contributed by atoms with Crippen LogP contribution in [0.25, 0.3) is 0 Å². The summed E-state index contributed by atoms with van der Waals surface area (Å²) < 4.78 is 5.98. The molecule has 0 radical (unpaired) electrons. The topological polar surface area (TPSA) is 46.5 Å². The first-order valence-electron chi connectivity index (χ1n) is 11.5. The van der Waals surface area contributed by atoms with Gasteiger partial charge in [0, 0.05) is 5.41 Å². The lowest BCUT2D eigenvalue weighted by atomic mass is 9.76. The molecule has 0 aliphatic rings. The second kappa shape index (κ2) is 14.7. The minimum absolute atomic E-state index is 0.254. The maximum atomic E-state index is 11.8. The van der Waals surface area contributed by atoms with Crippen molar-refractivity contribution >= 4 is 6.29 Å². The van der Waals surface area contributed by atoms with Crippen molar-refractivity contribution in [3.05, 3.63) is 58.7 Å². The summed E-state index contributed by atoms with van der Waals surface area (Å²) in [5.41, 5.74) is 3.60. The molecular weight excluding hydrogens is 372 g/mol. The Kier molecular flexibility index (Phi) is 13.5. The van der Waals surface area contributed by atoms with Crippen LogP contribution in [0.2, 0.25) is 0 Å². The predicted octanol–water partition coefficient (Wildman–Crippen LogP) is 7.71. The SMILES string of the molecule is CC.CC.CCCCOc1c(C=O)cc(C(C)(C)c2ccc(O)cc2)cc1CCC. The van der Waals surface area contributed by atoms with Gasteiger partial charge in [0.2, 0.25) is 0 Å². The van der Waals surface area contributed by atoms with E-state index in [0.717, 1.165) is 54.4 Å². The molecular formula is C27H42O3. The van der Waals surface area contributed by atoms with Crippen molar-refractivity contribution in [3.8, 4) is 11.5 Å².